The van der Waals surface area contributed by atoms with Gasteiger partial charge in [0.2, 0.25) is 0 Å². The molecule has 2 N–H and O–H groups in total. The first-order valence-electron chi connectivity index (χ1n) is 5.50. The fourth-order valence-corrected chi connectivity index (χ4v) is 1.57. The molecule has 0 bridgehead atoms. The minimum atomic E-state index is -0.402. The van der Waals surface area contributed by atoms with E-state index in [0.29, 0.717) is 23.9 Å². The fourth-order valence-electron chi connectivity index (χ4n) is 1.57. The van der Waals surface area contributed by atoms with Crippen LogP contribution < -0.4 is 5.73 Å². The normalized spacial score (nSPS) is 12.4. The Balaban J connectivity index is 2.53. The molecule has 1 aromatic heterocycles. The standard InChI is InChI=1S/C11H19N3O2/c1-4-5-8(2)7-16-11(15)10-9(12)6-13-14(10)3/h6,8H,4-5,7,12H2,1-3H3. The first kappa shape index (κ1) is 12.5. The largest absolute Gasteiger partial charge is 0.461 e. The molecular weight excluding hydrogens is 206 g/mol. The summed E-state index contributed by atoms with van der Waals surface area (Å²) in [6.45, 7) is 4.60. The van der Waals surface area contributed by atoms with Crippen LogP contribution in [0.25, 0.3) is 0 Å². The van der Waals surface area contributed by atoms with Gasteiger partial charge in [-0.15, -0.1) is 0 Å². The predicted molar refractivity (Wildman–Crippen MR) is 62.0 cm³/mol. The Morgan fingerprint density at radius 3 is 2.88 bits per heavy atom. The van der Waals surface area contributed by atoms with E-state index in [1.807, 2.05) is 0 Å². The number of aromatic nitrogens is 2. The van der Waals surface area contributed by atoms with Crippen LogP contribution in [0, 0.1) is 5.92 Å². The second-order valence-corrected chi connectivity index (χ2v) is 4.06. The minimum Gasteiger partial charge on any atom is -0.461 e. The van der Waals surface area contributed by atoms with Gasteiger partial charge in [-0.1, -0.05) is 20.3 Å². The van der Waals surface area contributed by atoms with Gasteiger partial charge in [0.15, 0.2) is 5.69 Å². The van der Waals surface area contributed by atoms with E-state index >= 15 is 0 Å². The van der Waals surface area contributed by atoms with Crippen molar-refractivity contribution in [3.8, 4) is 0 Å². The Bertz CT molecular complexity index is 341. The third kappa shape index (κ3) is 2.98. The predicted octanol–water partition coefficient (Wildman–Crippen LogP) is 1.60. The fraction of sp³-hybridized carbons (Fsp3) is 0.636. The Morgan fingerprint density at radius 2 is 2.38 bits per heavy atom. The van der Waals surface area contributed by atoms with Gasteiger partial charge in [0, 0.05) is 7.05 Å². The van der Waals surface area contributed by atoms with Gasteiger partial charge >= 0.3 is 5.97 Å². The Morgan fingerprint density at radius 1 is 1.69 bits per heavy atom. The molecule has 5 nitrogen and oxygen atoms in total. The number of nitrogen functional groups attached to an aromatic ring is 1. The highest BCUT2D eigenvalue weighted by atomic mass is 16.5. The highest BCUT2D eigenvalue weighted by Crippen LogP contribution is 2.12. The van der Waals surface area contributed by atoms with Crippen molar-refractivity contribution in [1.29, 1.82) is 0 Å². The quantitative estimate of drug-likeness (QED) is 0.773. The molecule has 1 aromatic rings. The van der Waals surface area contributed by atoms with Gasteiger partial charge < -0.3 is 10.5 Å². The zero-order chi connectivity index (χ0) is 12.1. The van der Waals surface area contributed by atoms with E-state index in [2.05, 4.69) is 18.9 Å². The van der Waals surface area contributed by atoms with Gasteiger partial charge in [0.05, 0.1) is 18.5 Å². The van der Waals surface area contributed by atoms with Gasteiger partial charge in [-0.25, -0.2) is 4.79 Å². The van der Waals surface area contributed by atoms with Crippen LogP contribution >= 0.6 is 0 Å². The van der Waals surface area contributed by atoms with Crippen molar-refractivity contribution in [2.45, 2.75) is 26.7 Å². The molecule has 0 aromatic carbocycles. The van der Waals surface area contributed by atoms with Crippen LogP contribution in [0.15, 0.2) is 6.20 Å². The van der Waals surface area contributed by atoms with Crippen LogP contribution in [-0.4, -0.2) is 22.4 Å². The average Bonchev–Trinajstić information content (AvgIpc) is 2.56. The first-order valence-corrected chi connectivity index (χ1v) is 5.50. The van der Waals surface area contributed by atoms with Crippen molar-refractivity contribution in [2.75, 3.05) is 12.3 Å². The van der Waals surface area contributed by atoms with Gasteiger partial charge in [0.25, 0.3) is 0 Å². The summed E-state index contributed by atoms with van der Waals surface area (Å²) in [7, 11) is 1.67. The zero-order valence-corrected chi connectivity index (χ0v) is 10.1. The molecule has 0 aliphatic heterocycles. The SMILES string of the molecule is CCCC(C)COC(=O)c1c(N)cnn1C. The molecule has 1 rings (SSSR count). The highest BCUT2D eigenvalue weighted by molar-refractivity contribution is 5.92. The molecular formula is C11H19N3O2. The summed E-state index contributed by atoms with van der Waals surface area (Å²) in [4.78, 5) is 11.7. The van der Waals surface area contributed by atoms with E-state index in [9.17, 15) is 4.79 Å². The molecule has 1 heterocycles. The van der Waals surface area contributed by atoms with Crippen molar-refractivity contribution in [2.24, 2.45) is 13.0 Å². The molecule has 90 valence electrons. The van der Waals surface area contributed by atoms with Crippen molar-refractivity contribution in [1.82, 2.24) is 9.78 Å². The minimum absolute atomic E-state index is 0.323. The van der Waals surface area contributed by atoms with Crippen LogP contribution in [-0.2, 0) is 11.8 Å². The summed E-state index contributed by atoms with van der Waals surface area (Å²) in [6.07, 6.45) is 3.59. The van der Waals surface area contributed by atoms with Crippen LogP contribution in [0.5, 0.6) is 0 Å². The number of carbonyl (C=O) groups is 1. The Labute approximate surface area is 95.6 Å². The van der Waals surface area contributed by atoms with Crippen LogP contribution in [0.1, 0.15) is 37.2 Å². The van der Waals surface area contributed by atoms with Gasteiger partial charge in [-0.2, -0.15) is 5.10 Å². The lowest BCUT2D eigenvalue weighted by Gasteiger charge is -2.11. The summed E-state index contributed by atoms with van der Waals surface area (Å²) < 4.78 is 6.62. The summed E-state index contributed by atoms with van der Waals surface area (Å²) in [6, 6.07) is 0. The van der Waals surface area contributed by atoms with E-state index < -0.39 is 5.97 Å². The highest BCUT2D eigenvalue weighted by Gasteiger charge is 2.17. The number of carbonyl (C=O) groups excluding carboxylic acids is 1. The number of anilines is 1. The smallest absolute Gasteiger partial charge is 0.358 e. The number of nitrogens with zero attached hydrogens (tertiary/aromatic N) is 2. The van der Waals surface area contributed by atoms with E-state index in [0.717, 1.165) is 12.8 Å². The third-order valence-corrected chi connectivity index (χ3v) is 2.44. The molecule has 0 aliphatic rings. The number of nitrogens with two attached hydrogens (primary N) is 1. The molecule has 0 saturated heterocycles. The molecule has 1 atom stereocenters. The summed E-state index contributed by atoms with van der Waals surface area (Å²) in [5.41, 5.74) is 6.30. The van der Waals surface area contributed by atoms with E-state index in [4.69, 9.17) is 10.5 Å². The monoisotopic (exact) mass is 225 g/mol. The van der Waals surface area contributed by atoms with E-state index in [1.54, 1.807) is 7.05 Å². The van der Waals surface area contributed by atoms with Crippen LogP contribution in [0.4, 0.5) is 5.69 Å². The molecule has 0 amide bonds. The van der Waals surface area contributed by atoms with Crippen molar-refractivity contribution < 1.29 is 9.53 Å². The van der Waals surface area contributed by atoms with Gasteiger partial charge in [-0.3, -0.25) is 4.68 Å². The molecule has 0 fully saturated rings. The Kier molecular flexibility index (Phi) is 4.34. The van der Waals surface area contributed by atoms with E-state index in [-0.39, 0.29) is 0 Å². The molecule has 0 saturated carbocycles. The number of hydrogen-bond donors (Lipinski definition) is 1. The molecule has 16 heavy (non-hydrogen) atoms. The summed E-state index contributed by atoms with van der Waals surface area (Å²) >= 11 is 0. The molecule has 5 heteroatoms. The van der Waals surface area contributed by atoms with Crippen molar-refractivity contribution >= 4 is 11.7 Å². The maximum Gasteiger partial charge on any atom is 0.358 e. The van der Waals surface area contributed by atoms with Gasteiger partial charge in [0.1, 0.15) is 0 Å². The van der Waals surface area contributed by atoms with Gasteiger partial charge in [-0.05, 0) is 12.3 Å². The Hall–Kier alpha value is -1.52. The lowest BCUT2D eigenvalue weighted by atomic mass is 10.1. The van der Waals surface area contributed by atoms with Crippen LogP contribution in [0.3, 0.4) is 0 Å². The maximum absolute atomic E-state index is 11.7. The van der Waals surface area contributed by atoms with E-state index in [1.165, 1.54) is 10.9 Å². The number of aryl methyl sites for hydroxylation is 1. The lowest BCUT2D eigenvalue weighted by molar-refractivity contribution is 0.0432. The number of ether oxygens (including phenoxy) is 1. The summed E-state index contributed by atoms with van der Waals surface area (Å²) in [5, 5.41) is 3.89. The number of rotatable bonds is 5. The number of esters is 1. The third-order valence-electron chi connectivity index (χ3n) is 2.44. The van der Waals surface area contributed by atoms with Crippen molar-refractivity contribution in [3.05, 3.63) is 11.9 Å². The molecule has 0 aliphatic carbocycles. The topological polar surface area (TPSA) is 70.1 Å². The second kappa shape index (κ2) is 5.53. The molecule has 1 unspecified atom stereocenters. The first-order chi connectivity index (χ1) is 7.56. The second-order valence-electron chi connectivity index (χ2n) is 4.06. The van der Waals surface area contributed by atoms with Crippen molar-refractivity contribution in [3.63, 3.8) is 0 Å². The summed E-state index contributed by atoms with van der Waals surface area (Å²) in [5.74, 6) is -0.0242. The molecule has 0 radical (unpaired) electrons. The zero-order valence-electron chi connectivity index (χ0n) is 10.1. The molecule has 0 spiro atoms. The van der Waals surface area contributed by atoms with Crippen LogP contribution in [0.2, 0.25) is 0 Å². The lowest BCUT2D eigenvalue weighted by Crippen LogP contribution is -2.16. The average molecular weight is 225 g/mol. The number of hydrogen-bond acceptors (Lipinski definition) is 4. The maximum atomic E-state index is 11.7.